The zero-order valence-electron chi connectivity index (χ0n) is 17.6. The molecule has 6 nitrogen and oxygen atoms in total. The third-order valence-corrected chi connectivity index (χ3v) is 7.45. The van der Waals surface area contributed by atoms with E-state index in [1.54, 1.807) is 0 Å². The molecule has 1 aliphatic heterocycles. The highest BCUT2D eigenvalue weighted by molar-refractivity contribution is 7.89. The van der Waals surface area contributed by atoms with Crippen LogP contribution in [0.5, 0.6) is 0 Å². The highest BCUT2D eigenvalue weighted by atomic mass is 35.5. The van der Waals surface area contributed by atoms with Gasteiger partial charge >= 0.3 is 0 Å². The molecule has 1 saturated heterocycles. The van der Waals surface area contributed by atoms with Crippen molar-refractivity contribution >= 4 is 27.5 Å². The van der Waals surface area contributed by atoms with Crippen LogP contribution in [0.25, 0.3) is 0 Å². The second-order valence-corrected chi connectivity index (χ2v) is 10.7. The number of carbonyl (C=O) groups excluding carboxylic acids is 1. The lowest BCUT2D eigenvalue weighted by molar-refractivity contribution is 0.0913. The molecule has 1 fully saturated rings. The van der Waals surface area contributed by atoms with Gasteiger partial charge in [-0.3, -0.25) is 4.79 Å². The van der Waals surface area contributed by atoms with Crippen LogP contribution in [-0.4, -0.2) is 62.3 Å². The fourth-order valence-corrected chi connectivity index (χ4v) is 5.19. The van der Waals surface area contributed by atoms with Gasteiger partial charge in [0.1, 0.15) is 0 Å². The SMILES string of the molecule is CN1CCN(S(=O)(=O)c2ccc(Cl)c(C(=O)NC(C)(C)Cc3ccccc3)c2)CC1. The fourth-order valence-electron chi connectivity index (χ4n) is 3.54. The fraction of sp³-hybridized carbons (Fsp3) is 0.409. The average Bonchev–Trinajstić information content (AvgIpc) is 2.68. The van der Waals surface area contributed by atoms with E-state index >= 15 is 0 Å². The van der Waals surface area contributed by atoms with E-state index in [-0.39, 0.29) is 15.5 Å². The Hall–Kier alpha value is -1.93. The van der Waals surface area contributed by atoms with Gasteiger partial charge in [-0.2, -0.15) is 4.31 Å². The van der Waals surface area contributed by atoms with Crippen LogP contribution in [0.15, 0.2) is 53.4 Å². The lowest BCUT2D eigenvalue weighted by Gasteiger charge is -2.31. The first-order valence-corrected chi connectivity index (χ1v) is 11.7. The number of carbonyl (C=O) groups is 1. The first kappa shape index (κ1) is 22.7. The van der Waals surface area contributed by atoms with E-state index in [4.69, 9.17) is 11.6 Å². The molecule has 2 aromatic rings. The van der Waals surface area contributed by atoms with E-state index in [0.717, 1.165) is 5.56 Å². The molecular weight excluding hydrogens is 422 g/mol. The Kier molecular flexibility index (Phi) is 6.87. The number of benzene rings is 2. The van der Waals surface area contributed by atoms with E-state index in [0.29, 0.717) is 32.6 Å². The largest absolute Gasteiger partial charge is 0.347 e. The molecular formula is C22H28ClN3O3S. The van der Waals surface area contributed by atoms with E-state index in [2.05, 4.69) is 10.2 Å². The standard InChI is InChI=1S/C22H28ClN3O3S/c1-22(2,16-17-7-5-4-6-8-17)24-21(27)19-15-18(9-10-20(19)23)30(28,29)26-13-11-25(3)12-14-26/h4-10,15H,11-14,16H2,1-3H3,(H,24,27). The Morgan fingerprint density at radius 1 is 1.07 bits per heavy atom. The molecule has 1 aliphatic rings. The second kappa shape index (κ2) is 9.06. The first-order valence-electron chi connectivity index (χ1n) is 9.93. The third-order valence-electron chi connectivity index (χ3n) is 5.22. The molecule has 1 amide bonds. The molecule has 0 bridgehead atoms. The van der Waals surface area contributed by atoms with E-state index in [1.807, 2.05) is 51.2 Å². The molecule has 0 unspecified atom stereocenters. The number of halogens is 1. The van der Waals surface area contributed by atoms with Crippen molar-refractivity contribution in [2.75, 3.05) is 33.2 Å². The van der Waals surface area contributed by atoms with Gasteiger partial charge in [0, 0.05) is 31.7 Å². The number of nitrogens with zero attached hydrogens (tertiary/aromatic N) is 2. The molecule has 2 aromatic carbocycles. The molecule has 8 heteroatoms. The van der Waals surface area contributed by atoms with Crippen molar-refractivity contribution in [3.05, 3.63) is 64.7 Å². The molecule has 1 heterocycles. The highest BCUT2D eigenvalue weighted by Gasteiger charge is 2.29. The number of hydrogen-bond donors (Lipinski definition) is 1. The molecule has 0 radical (unpaired) electrons. The van der Waals surface area contributed by atoms with Gasteiger partial charge < -0.3 is 10.2 Å². The predicted octanol–water partition coefficient (Wildman–Crippen LogP) is 3.03. The van der Waals surface area contributed by atoms with Gasteiger partial charge in [-0.05, 0) is 51.1 Å². The number of rotatable bonds is 6. The zero-order valence-corrected chi connectivity index (χ0v) is 19.1. The van der Waals surface area contributed by atoms with Gasteiger partial charge in [0.2, 0.25) is 10.0 Å². The minimum Gasteiger partial charge on any atom is -0.347 e. The van der Waals surface area contributed by atoms with Gasteiger partial charge in [-0.1, -0.05) is 41.9 Å². The summed E-state index contributed by atoms with van der Waals surface area (Å²) < 4.78 is 27.5. The molecule has 0 atom stereocenters. The Morgan fingerprint density at radius 2 is 1.70 bits per heavy atom. The molecule has 0 aliphatic carbocycles. The van der Waals surface area contributed by atoms with Gasteiger partial charge in [0.05, 0.1) is 15.5 Å². The normalized spacial score (nSPS) is 16.4. The van der Waals surface area contributed by atoms with Crippen molar-refractivity contribution in [3.8, 4) is 0 Å². The number of piperazine rings is 1. The zero-order chi connectivity index (χ0) is 21.9. The summed E-state index contributed by atoms with van der Waals surface area (Å²) in [6.45, 7) is 6.05. The Bertz CT molecular complexity index is 1000. The van der Waals surface area contributed by atoms with Crippen LogP contribution in [0.4, 0.5) is 0 Å². The van der Waals surface area contributed by atoms with Gasteiger partial charge in [-0.15, -0.1) is 0 Å². The molecule has 1 N–H and O–H groups in total. The number of likely N-dealkylation sites (N-methyl/N-ethyl adjacent to an activating group) is 1. The van der Waals surface area contributed by atoms with Gasteiger partial charge in [-0.25, -0.2) is 8.42 Å². The Labute approximate surface area is 183 Å². The summed E-state index contributed by atoms with van der Waals surface area (Å²) in [6, 6.07) is 14.2. The molecule has 162 valence electrons. The van der Waals surface area contributed by atoms with Crippen molar-refractivity contribution in [2.45, 2.75) is 30.7 Å². The maximum Gasteiger partial charge on any atom is 0.253 e. The van der Waals surface area contributed by atoms with Gasteiger partial charge in [0.15, 0.2) is 0 Å². The number of nitrogens with one attached hydrogen (secondary N) is 1. The predicted molar refractivity (Wildman–Crippen MR) is 119 cm³/mol. The van der Waals surface area contributed by atoms with E-state index in [1.165, 1.54) is 22.5 Å². The second-order valence-electron chi connectivity index (χ2n) is 8.35. The molecule has 0 aromatic heterocycles. The molecule has 3 rings (SSSR count). The minimum absolute atomic E-state index is 0.0856. The lowest BCUT2D eigenvalue weighted by Crippen LogP contribution is -2.47. The Balaban J connectivity index is 1.80. The smallest absolute Gasteiger partial charge is 0.253 e. The van der Waals surface area contributed by atoms with Crippen LogP contribution in [0.1, 0.15) is 29.8 Å². The van der Waals surface area contributed by atoms with E-state index in [9.17, 15) is 13.2 Å². The van der Waals surface area contributed by atoms with Crippen molar-refractivity contribution < 1.29 is 13.2 Å². The summed E-state index contributed by atoms with van der Waals surface area (Å²) in [5.41, 5.74) is 0.724. The quantitative estimate of drug-likeness (QED) is 0.735. The molecule has 0 spiro atoms. The van der Waals surface area contributed by atoms with Crippen LogP contribution < -0.4 is 5.32 Å². The average molecular weight is 450 g/mol. The maximum absolute atomic E-state index is 13.0. The summed E-state index contributed by atoms with van der Waals surface area (Å²) in [5.74, 6) is -0.392. The van der Waals surface area contributed by atoms with Crippen LogP contribution in [0.3, 0.4) is 0 Å². The summed E-state index contributed by atoms with van der Waals surface area (Å²) in [6.07, 6.45) is 0.635. The Morgan fingerprint density at radius 3 is 2.33 bits per heavy atom. The number of hydrogen-bond acceptors (Lipinski definition) is 4. The lowest BCUT2D eigenvalue weighted by atomic mass is 9.94. The number of sulfonamides is 1. The molecule has 30 heavy (non-hydrogen) atoms. The molecule has 0 saturated carbocycles. The van der Waals surface area contributed by atoms with Crippen molar-refractivity contribution in [2.24, 2.45) is 0 Å². The third kappa shape index (κ3) is 5.40. The van der Waals surface area contributed by atoms with Crippen LogP contribution in [0, 0.1) is 0 Å². The maximum atomic E-state index is 13.0. The van der Waals surface area contributed by atoms with Crippen molar-refractivity contribution in [1.82, 2.24) is 14.5 Å². The van der Waals surface area contributed by atoms with E-state index < -0.39 is 21.5 Å². The highest BCUT2D eigenvalue weighted by Crippen LogP contribution is 2.25. The van der Waals surface area contributed by atoms with Crippen LogP contribution >= 0.6 is 11.6 Å². The van der Waals surface area contributed by atoms with Crippen LogP contribution in [-0.2, 0) is 16.4 Å². The van der Waals surface area contributed by atoms with Gasteiger partial charge in [0.25, 0.3) is 5.91 Å². The first-order chi connectivity index (χ1) is 14.1. The topological polar surface area (TPSA) is 69.7 Å². The monoisotopic (exact) mass is 449 g/mol. The summed E-state index contributed by atoms with van der Waals surface area (Å²) >= 11 is 6.26. The minimum atomic E-state index is -3.68. The van der Waals surface area contributed by atoms with Crippen molar-refractivity contribution in [3.63, 3.8) is 0 Å². The summed E-state index contributed by atoms with van der Waals surface area (Å²) in [4.78, 5) is 15.1. The van der Waals surface area contributed by atoms with Crippen LogP contribution in [0.2, 0.25) is 5.02 Å². The van der Waals surface area contributed by atoms with Crippen molar-refractivity contribution in [1.29, 1.82) is 0 Å². The summed E-state index contributed by atoms with van der Waals surface area (Å²) in [7, 11) is -1.72. The number of amides is 1. The summed E-state index contributed by atoms with van der Waals surface area (Å²) in [5, 5.41) is 3.21.